The summed E-state index contributed by atoms with van der Waals surface area (Å²) in [6.45, 7) is 0.538. The lowest BCUT2D eigenvalue weighted by atomic mass is 9.76. The van der Waals surface area contributed by atoms with E-state index in [9.17, 15) is 4.39 Å². The van der Waals surface area contributed by atoms with Crippen molar-refractivity contribution in [1.82, 2.24) is 0 Å². The van der Waals surface area contributed by atoms with Gasteiger partial charge in [-0.3, -0.25) is 0 Å². The van der Waals surface area contributed by atoms with Crippen LogP contribution in [-0.4, -0.2) is 11.9 Å². The third-order valence-corrected chi connectivity index (χ3v) is 5.01. The third kappa shape index (κ3) is 3.27. The number of alkyl halides is 1. The SMILES string of the molecule is N#Cc1c(F)cccc1OCC1(CBr)CCCCC1. The van der Waals surface area contributed by atoms with Crippen LogP contribution in [0.2, 0.25) is 0 Å². The second kappa shape index (κ2) is 6.38. The van der Waals surface area contributed by atoms with E-state index in [4.69, 9.17) is 10.00 Å². The molecule has 0 bridgehead atoms. The Bertz CT molecular complexity index is 478. The fourth-order valence-corrected chi connectivity index (χ4v) is 3.30. The van der Waals surface area contributed by atoms with Crippen molar-refractivity contribution in [3.05, 3.63) is 29.6 Å². The number of nitrogens with zero attached hydrogens (tertiary/aromatic N) is 1. The van der Waals surface area contributed by atoms with E-state index in [0.717, 1.165) is 18.2 Å². The first-order valence-electron chi connectivity index (χ1n) is 6.58. The first kappa shape index (κ1) is 14.3. The van der Waals surface area contributed by atoms with Crippen LogP contribution in [0.4, 0.5) is 4.39 Å². The maximum absolute atomic E-state index is 13.5. The van der Waals surface area contributed by atoms with Crippen LogP contribution >= 0.6 is 15.9 Å². The second-order valence-electron chi connectivity index (χ2n) is 5.21. The van der Waals surface area contributed by atoms with Crippen molar-refractivity contribution in [2.24, 2.45) is 5.41 Å². The average Bonchev–Trinajstić information content (AvgIpc) is 2.46. The van der Waals surface area contributed by atoms with Crippen LogP contribution in [0, 0.1) is 22.6 Å². The molecule has 0 aliphatic heterocycles. The van der Waals surface area contributed by atoms with Gasteiger partial charge in [-0.1, -0.05) is 41.3 Å². The van der Waals surface area contributed by atoms with E-state index in [2.05, 4.69) is 15.9 Å². The molecular weight excluding hydrogens is 309 g/mol. The Morgan fingerprint density at radius 1 is 1.32 bits per heavy atom. The molecule has 0 spiro atoms. The summed E-state index contributed by atoms with van der Waals surface area (Å²) in [5.74, 6) is -0.162. The molecule has 0 aromatic heterocycles. The molecule has 1 aliphatic carbocycles. The summed E-state index contributed by atoms with van der Waals surface area (Å²) < 4.78 is 19.2. The fourth-order valence-electron chi connectivity index (χ4n) is 2.58. The average molecular weight is 326 g/mol. The van der Waals surface area contributed by atoms with Crippen LogP contribution < -0.4 is 4.74 Å². The lowest BCUT2D eigenvalue weighted by Gasteiger charge is -2.35. The highest BCUT2D eigenvalue weighted by Crippen LogP contribution is 2.38. The molecule has 0 unspecified atom stereocenters. The van der Waals surface area contributed by atoms with Crippen molar-refractivity contribution >= 4 is 15.9 Å². The van der Waals surface area contributed by atoms with Gasteiger partial charge >= 0.3 is 0 Å². The van der Waals surface area contributed by atoms with Gasteiger partial charge in [0.25, 0.3) is 0 Å². The third-order valence-electron chi connectivity index (χ3n) is 3.82. The van der Waals surface area contributed by atoms with Gasteiger partial charge in [0.05, 0.1) is 6.61 Å². The summed E-state index contributed by atoms with van der Waals surface area (Å²) in [5.41, 5.74) is 0.125. The summed E-state index contributed by atoms with van der Waals surface area (Å²) in [6.07, 6.45) is 5.94. The number of hydrogen-bond acceptors (Lipinski definition) is 2. The maximum atomic E-state index is 13.5. The molecule has 1 aromatic rings. The van der Waals surface area contributed by atoms with E-state index in [-0.39, 0.29) is 11.0 Å². The Labute approximate surface area is 121 Å². The first-order valence-corrected chi connectivity index (χ1v) is 7.70. The monoisotopic (exact) mass is 325 g/mol. The number of ether oxygens (including phenoxy) is 1. The molecule has 0 N–H and O–H groups in total. The van der Waals surface area contributed by atoms with Crippen molar-refractivity contribution in [3.8, 4) is 11.8 Å². The normalized spacial score (nSPS) is 17.7. The van der Waals surface area contributed by atoms with Crippen molar-refractivity contribution < 1.29 is 9.13 Å². The molecule has 1 fully saturated rings. The molecule has 0 atom stereocenters. The fraction of sp³-hybridized carbons (Fsp3) is 0.533. The molecule has 102 valence electrons. The van der Waals surface area contributed by atoms with Gasteiger partial charge in [-0.15, -0.1) is 0 Å². The number of rotatable bonds is 4. The van der Waals surface area contributed by atoms with Crippen LogP contribution in [-0.2, 0) is 0 Å². The highest BCUT2D eigenvalue weighted by molar-refractivity contribution is 9.09. The maximum Gasteiger partial charge on any atom is 0.144 e. The molecule has 0 radical (unpaired) electrons. The zero-order chi connectivity index (χ0) is 13.7. The number of halogens is 2. The van der Waals surface area contributed by atoms with Gasteiger partial charge in [0.1, 0.15) is 23.2 Å². The van der Waals surface area contributed by atoms with Gasteiger partial charge in [0.15, 0.2) is 0 Å². The van der Waals surface area contributed by atoms with E-state index >= 15 is 0 Å². The molecule has 1 saturated carbocycles. The Kier molecular flexibility index (Phi) is 4.81. The molecule has 1 aromatic carbocycles. The Balaban J connectivity index is 2.10. The predicted octanol–water partition coefficient (Wildman–Crippen LogP) is 4.42. The van der Waals surface area contributed by atoms with E-state index in [0.29, 0.717) is 12.4 Å². The Morgan fingerprint density at radius 3 is 2.68 bits per heavy atom. The minimum atomic E-state index is -0.517. The van der Waals surface area contributed by atoms with Crippen molar-refractivity contribution in [2.45, 2.75) is 32.1 Å². The number of hydrogen-bond donors (Lipinski definition) is 0. The van der Waals surface area contributed by atoms with Gasteiger partial charge < -0.3 is 4.74 Å². The molecule has 0 amide bonds. The van der Waals surface area contributed by atoms with Crippen LogP contribution in [0.5, 0.6) is 5.75 Å². The topological polar surface area (TPSA) is 33.0 Å². The molecular formula is C15H17BrFNO. The lowest BCUT2D eigenvalue weighted by molar-refractivity contribution is 0.121. The number of benzene rings is 1. The summed E-state index contributed by atoms with van der Waals surface area (Å²) in [5, 5.41) is 9.86. The summed E-state index contributed by atoms with van der Waals surface area (Å²) in [6, 6.07) is 6.39. The van der Waals surface area contributed by atoms with E-state index in [1.807, 2.05) is 6.07 Å². The van der Waals surface area contributed by atoms with Gasteiger partial charge in [-0.05, 0) is 25.0 Å². The molecule has 2 nitrogen and oxygen atoms in total. The Hall–Kier alpha value is -1.08. The largest absolute Gasteiger partial charge is 0.491 e. The highest BCUT2D eigenvalue weighted by atomic mass is 79.9. The standard InChI is InChI=1S/C15H17BrFNO/c16-10-15(7-2-1-3-8-15)11-19-14-6-4-5-13(17)12(14)9-18/h4-6H,1-3,7-8,10-11H2. The van der Waals surface area contributed by atoms with E-state index < -0.39 is 5.82 Å². The Morgan fingerprint density at radius 2 is 2.05 bits per heavy atom. The zero-order valence-corrected chi connectivity index (χ0v) is 12.4. The quantitative estimate of drug-likeness (QED) is 0.767. The van der Waals surface area contributed by atoms with Crippen LogP contribution in [0.1, 0.15) is 37.7 Å². The van der Waals surface area contributed by atoms with Crippen molar-refractivity contribution in [1.29, 1.82) is 5.26 Å². The minimum Gasteiger partial charge on any atom is -0.491 e. The van der Waals surface area contributed by atoms with Crippen LogP contribution in [0.3, 0.4) is 0 Å². The minimum absolute atomic E-state index is 0.00281. The lowest BCUT2D eigenvalue weighted by Crippen LogP contribution is -2.32. The first-order chi connectivity index (χ1) is 9.21. The zero-order valence-electron chi connectivity index (χ0n) is 10.8. The van der Waals surface area contributed by atoms with Gasteiger partial charge in [-0.2, -0.15) is 5.26 Å². The molecule has 4 heteroatoms. The summed E-state index contributed by atoms with van der Waals surface area (Å²) in [4.78, 5) is 0. The van der Waals surface area contributed by atoms with Gasteiger partial charge in [0.2, 0.25) is 0 Å². The van der Waals surface area contributed by atoms with Crippen LogP contribution in [0.15, 0.2) is 18.2 Å². The number of nitriles is 1. The highest BCUT2D eigenvalue weighted by Gasteiger charge is 2.32. The van der Waals surface area contributed by atoms with Gasteiger partial charge in [0, 0.05) is 10.7 Å². The van der Waals surface area contributed by atoms with Crippen LogP contribution in [0.25, 0.3) is 0 Å². The molecule has 0 saturated heterocycles. The predicted molar refractivity (Wildman–Crippen MR) is 75.9 cm³/mol. The van der Waals surface area contributed by atoms with Crippen molar-refractivity contribution in [3.63, 3.8) is 0 Å². The summed E-state index contributed by atoms with van der Waals surface area (Å²) in [7, 11) is 0. The molecule has 1 aliphatic rings. The summed E-state index contributed by atoms with van der Waals surface area (Å²) >= 11 is 3.57. The van der Waals surface area contributed by atoms with Crippen molar-refractivity contribution in [2.75, 3.05) is 11.9 Å². The molecule has 2 rings (SSSR count). The molecule has 0 heterocycles. The second-order valence-corrected chi connectivity index (χ2v) is 5.77. The van der Waals surface area contributed by atoms with Gasteiger partial charge in [-0.25, -0.2) is 4.39 Å². The smallest absolute Gasteiger partial charge is 0.144 e. The van der Waals surface area contributed by atoms with E-state index in [1.54, 1.807) is 12.1 Å². The van der Waals surface area contributed by atoms with E-state index in [1.165, 1.54) is 25.3 Å². The molecule has 19 heavy (non-hydrogen) atoms.